The summed E-state index contributed by atoms with van der Waals surface area (Å²) in [4.78, 5) is 11.6. The van der Waals surface area contributed by atoms with Crippen LogP contribution in [-0.2, 0) is 4.79 Å². The molecule has 1 unspecified atom stereocenters. The van der Waals surface area contributed by atoms with Gasteiger partial charge in [-0.1, -0.05) is 15.9 Å². The van der Waals surface area contributed by atoms with E-state index in [1.807, 2.05) is 19.9 Å². The van der Waals surface area contributed by atoms with Crippen LogP contribution in [0, 0.1) is 13.8 Å². The van der Waals surface area contributed by atoms with E-state index in [1.54, 1.807) is 0 Å². The van der Waals surface area contributed by atoms with E-state index >= 15 is 0 Å². The summed E-state index contributed by atoms with van der Waals surface area (Å²) >= 11 is 3.45. The molecule has 0 saturated carbocycles. The first-order valence-corrected chi connectivity index (χ1v) is 5.81. The van der Waals surface area contributed by atoms with Crippen molar-refractivity contribution < 1.29 is 9.53 Å². The first-order valence-electron chi connectivity index (χ1n) is 5.02. The van der Waals surface area contributed by atoms with E-state index in [4.69, 9.17) is 10.5 Å². The maximum absolute atomic E-state index is 11.6. The predicted octanol–water partition coefficient (Wildman–Crippen LogP) is 1.72. The Kier molecular flexibility index (Phi) is 2.90. The summed E-state index contributed by atoms with van der Waals surface area (Å²) in [6, 6.07) is 1.85. The average Bonchev–Trinajstić information content (AvgIpc) is 2.26. The fourth-order valence-electron chi connectivity index (χ4n) is 1.66. The molecule has 0 aromatic heterocycles. The number of carbonyl (C=O) groups excluding carboxylic acids is 1. The molecule has 3 N–H and O–H groups in total. The summed E-state index contributed by atoms with van der Waals surface area (Å²) in [5.41, 5.74) is 8.29. The summed E-state index contributed by atoms with van der Waals surface area (Å²) < 4.78 is 6.56. The van der Waals surface area contributed by atoms with Crippen LogP contribution in [0.4, 0.5) is 5.69 Å². The number of anilines is 1. The van der Waals surface area contributed by atoms with Gasteiger partial charge in [0.15, 0.2) is 6.10 Å². The zero-order chi connectivity index (χ0) is 11.9. The molecule has 0 spiro atoms. The van der Waals surface area contributed by atoms with Crippen LogP contribution >= 0.6 is 15.9 Å². The molecule has 5 heteroatoms. The van der Waals surface area contributed by atoms with Gasteiger partial charge in [0.05, 0.1) is 5.69 Å². The molecule has 1 aromatic rings. The van der Waals surface area contributed by atoms with Crippen LogP contribution in [0.25, 0.3) is 0 Å². The first-order chi connectivity index (χ1) is 7.54. The van der Waals surface area contributed by atoms with E-state index < -0.39 is 6.10 Å². The summed E-state index contributed by atoms with van der Waals surface area (Å²) in [6.07, 6.45) is -0.591. The van der Waals surface area contributed by atoms with Gasteiger partial charge < -0.3 is 15.8 Å². The summed E-state index contributed by atoms with van der Waals surface area (Å²) in [7, 11) is 0. The number of nitrogens with two attached hydrogens (primary N) is 1. The SMILES string of the molecule is Cc1c(Br)cc2c(c1C)OC(CN)C(=O)N2. The molecule has 16 heavy (non-hydrogen) atoms. The zero-order valence-corrected chi connectivity index (χ0v) is 10.7. The van der Waals surface area contributed by atoms with Crippen molar-refractivity contribution in [1.29, 1.82) is 0 Å². The number of halogens is 1. The fraction of sp³-hybridized carbons (Fsp3) is 0.364. The van der Waals surface area contributed by atoms with Crippen LogP contribution in [0.3, 0.4) is 0 Å². The molecule has 1 heterocycles. The number of hydrogen-bond acceptors (Lipinski definition) is 3. The van der Waals surface area contributed by atoms with Crippen molar-refractivity contribution >= 4 is 27.5 Å². The Labute approximate surface area is 102 Å². The summed E-state index contributed by atoms with van der Waals surface area (Å²) in [5, 5.41) is 2.80. The minimum atomic E-state index is -0.591. The maximum Gasteiger partial charge on any atom is 0.266 e. The third kappa shape index (κ3) is 1.70. The number of fused-ring (bicyclic) bond motifs is 1. The van der Waals surface area contributed by atoms with Crippen molar-refractivity contribution in [3.05, 3.63) is 21.7 Å². The van der Waals surface area contributed by atoms with Crippen molar-refractivity contribution in [1.82, 2.24) is 0 Å². The third-order valence-corrected chi connectivity index (χ3v) is 3.63. The van der Waals surface area contributed by atoms with Gasteiger partial charge in [0.2, 0.25) is 0 Å². The molecule has 1 amide bonds. The van der Waals surface area contributed by atoms with E-state index in [9.17, 15) is 4.79 Å². The second-order valence-corrected chi connectivity index (χ2v) is 4.67. The lowest BCUT2D eigenvalue weighted by Gasteiger charge is -2.27. The Balaban J connectivity index is 2.52. The van der Waals surface area contributed by atoms with Gasteiger partial charge in [-0.25, -0.2) is 0 Å². The van der Waals surface area contributed by atoms with Crippen molar-refractivity contribution in [2.24, 2.45) is 5.73 Å². The Morgan fingerprint density at radius 1 is 1.50 bits per heavy atom. The molecule has 0 bridgehead atoms. The molecule has 1 aliphatic rings. The number of hydrogen-bond donors (Lipinski definition) is 2. The number of amides is 1. The summed E-state index contributed by atoms with van der Waals surface area (Å²) in [5.74, 6) is 0.529. The molecule has 4 nitrogen and oxygen atoms in total. The normalized spacial score (nSPS) is 18.8. The Morgan fingerprint density at radius 3 is 2.81 bits per heavy atom. The molecule has 1 aliphatic heterocycles. The van der Waals surface area contributed by atoms with Gasteiger partial charge in [-0.05, 0) is 31.0 Å². The quantitative estimate of drug-likeness (QED) is 0.825. The van der Waals surface area contributed by atoms with Crippen molar-refractivity contribution in [2.45, 2.75) is 20.0 Å². The van der Waals surface area contributed by atoms with E-state index in [-0.39, 0.29) is 12.5 Å². The second-order valence-electron chi connectivity index (χ2n) is 3.82. The lowest BCUT2D eigenvalue weighted by Crippen LogP contribution is -2.42. The van der Waals surface area contributed by atoms with E-state index in [2.05, 4.69) is 21.2 Å². The molecule has 1 atom stereocenters. The van der Waals surface area contributed by atoms with Crippen LogP contribution in [0.5, 0.6) is 5.75 Å². The van der Waals surface area contributed by atoms with Crippen molar-refractivity contribution in [2.75, 3.05) is 11.9 Å². The van der Waals surface area contributed by atoms with Crippen LogP contribution in [-0.4, -0.2) is 18.6 Å². The number of benzene rings is 1. The van der Waals surface area contributed by atoms with E-state index in [1.165, 1.54) is 0 Å². The molecule has 1 aromatic carbocycles. The van der Waals surface area contributed by atoms with E-state index in [0.29, 0.717) is 5.69 Å². The minimum Gasteiger partial charge on any atom is -0.477 e. The highest BCUT2D eigenvalue weighted by Crippen LogP contribution is 2.38. The third-order valence-electron chi connectivity index (χ3n) is 2.80. The molecule has 0 aliphatic carbocycles. The minimum absolute atomic E-state index is 0.180. The van der Waals surface area contributed by atoms with Gasteiger partial charge in [-0.15, -0.1) is 0 Å². The molecule has 0 fully saturated rings. The molecular weight excluding hydrogens is 272 g/mol. The van der Waals surface area contributed by atoms with Crippen molar-refractivity contribution in [3.8, 4) is 5.75 Å². The highest BCUT2D eigenvalue weighted by atomic mass is 79.9. The van der Waals surface area contributed by atoms with Crippen LogP contribution < -0.4 is 15.8 Å². The maximum atomic E-state index is 11.6. The Hall–Kier alpha value is -1.07. The fourth-order valence-corrected chi connectivity index (χ4v) is 2.19. The molecule has 86 valence electrons. The number of carbonyl (C=O) groups is 1. The Bertz CT molecular complexity index is 460. The second kappa shape index (κ2) is 4.07. The van der Waals surface area contributed by atoms with Gasteiger partial charge in [0.1, 0.15) is 5.75 Å². The lowest BCUT2D eigenvalue weighted by molar-refractivity contribution is -0.123. The highest BCUT2D eigenvalue weighted by Gasteiger charge is 2.28. The van der Waals surface area contributed by atoms with Crippen LogP contribution in [0.1, 0.15) is 11.1 Å². The number of nitrogens with one attached hydrogen (secondary N) is 1. The smallest absolute Gasteiger partial charge is 0.266 e. The van der Waals surface area contributed by atoms with Gasteiger partial charge in [0.25, 0.3) is 5.91 Å². The molecule has 0 saturated heterocycles. The summed E-state index contributed by atoms with van der Waals surface area (Å²) in [6.45, 7) is 4.14. The molecule has 2 rings (SSSR count). The van der Waals surface area contributed by atoms with Crippen LogP contribution in [0.15, 0.2) is 10.5 Å². The van der Waals surface area contributed by atoms with Crippen molar-refractivity contribution in [3.63, 3.8) is 0 Å². The average molecular weight is 285 g/mol. The zero-order valence-electron chi connectivity index (χ0n) is 9.13. The highest BCUT2D eigenvalue weighted by molar-refractivity contribution is 9.10. The van der Waals surface area contributed by atoms with Gasteiger partial charge >= 0.3 is 0 Å². The predicted molar refractivity (Wildman–Crippen MR) is 65.7 cm³/mol. The molecular formula is C11H13BrN2O2. The number of ether oxygens (including phenoxy) is 1. The lowest BCUT2D eigenvalue weighted by atomic mass is 10.1. The monoisotopic (exact) mass is 284 g/mol. The Morgan fingerprint density at radius 2 is 2.19 bits per heavy atom. The van der Waals surface area contributed by atoms with Gasteiger partial charge in [-0.2, -0.15) is 0 Å². The number of rotatable bonds is 1. The van der Waals surface area contributed by atoms with Crippen LogP contribution in [0.2, 0.25) is 0 Å². The van der Waals surface area contributed by atoms with Gasteiger partial charge in [-0.3, -0.25) is 4.79 Å². The van der Waals surface area contributed by atoms with E-state index in [0.717, 1.165) is 21.3 Å². The van der Waals surface area contributed by atoms with Gasteiger partial charge in [0, 0.05) is 11.0 Å². The standard InChI is InChI=1S/C11H13BrN2O2/c1-5-6(2)10-8(3-7(5)12)14-11(15)9(4-13)16-10/h3,9H,4,13H2,1-2H3,(H,14,15). The largest absolute Gasteiger partial charge is 0.477 e. The molecule has 0 radical (unpaired) electrons. The first kappa shape index (κ1) is 11.4. The topological polar surface area (TPSA) is 64.3 Å².